The molecule has 0 bridgehead atoms. The summed E-state index contributed by atoms with van der Waals surface area (Å²) in [7, 11) is 0. The van der Waals surface area contributed by atoms with Gasteiger partial charge in [-0.15, -0.1) is 11.8 Å². The molecule has 6 unspecified atom stereocenters. The number of carboxylic acids is 1. The quantitative estimate of drug-likeness (QED) is 0.106. The smallest absolute Gasteiger partial charge is 0.305 e. The van der Waals surface area contributed by atoms with Crippen molar-refractivity contribution in [3.63, 3.8) is 0 Å². The van der Waals surface area contributed by atoms with E-state index in [2.05, 4.69) is 42.2 Å². The zero-order valence-electron chi connectivity index (χ0n) is 34.7. The number of carboxylic acid groups (broad SMARTS) is 1. The van der Waals surface area contributed by atoms with Gasteiger partial charge in [0, 0.05) is 37.4 Å². The van der Waals surface area contributed by atoms with Gasteiger partial charge in [-0.1, -0.05) is 27.2 Å². The number of hydrogen-bond donors (Lipinski definition) is 12. The van der Waals surface area contributed by atoms with Crippen LogP contribution in [0.1, 0.15) is 52.0 Å². The Morgan fingerprint density at radius 1 is 0.823 bits per heavy atom. The fourth-order valence-electron chi connectivity index (χ4n) is 7.22. The predicted octanol–water partition coefficient (Wildman–Crippen LogP) is -3.06. The van der Waals surface area contributed by atoms with Gasteiger partial charge in [0.25, 0.3) is 0 Å². The van der Waals surface area contributed by atoms with Gasteiger partial charge in [0.1, 0.15) is 36.0 Å². The highest BCUT2D eigenvalue weighted by Crippen LogP contribution is 2.32. The molecule has 12 N–H and O–H groups in total. The summed E-state index contributed by atoms with van der Waals surface area (Å²) in [6.07, 6.45) is -0.591. The zero-order valence-corrected chi connectivity index (χ0v) is 35.6. The van der Waals surface area contributed by atoms with Crippen molar-refractivity contribution >= 4 is 75.9 Å². The Kier molecular flexibility index (Phi) is 17.5. The highest BCUT2D eigenvalue weighted by Gasteiger charge is 2.44. The van der Waals surface area contributed by atoms with Crippen LogP contribution in [0, 0.1) is 11.8 Å². The van der Waals surface area contributed by atoms with E-state index in [-0.39, 0.29) is 25.0 Å². The number of phenolic OH excluding ortho intramolecular Hbond substituents is 1. The summed E-state index contributed by atoms with van der Waals surface area (Å²) in [5, 5.41) is 58.6. The number of rotatable bonds is 10. The van der Waals surface area contributed by atoms with Gasteiger partial charge in [0.05, 0.1) is 42.7 Å². The van der Waals surface area contributed by atoms with E-state index in [0.717, 1.165) is 4.90 Å². The summed E-state index contributed by atoms with van der Waals surface area (Å²) in [6.45, 7) is 2.06. The van der Waals surface area contributed by atoms with Gasteiger partial charge < -0.3 is 67.5 Å². The topological polar surface area (TPSA) is 338 Å². The molecule has 2 aliphatic rings. The highest BCUT2D eigenvalue weighted by atomic mass is 32.2. The molecule has 8 atom stereocenters. The molecule has 0 spiro atoms. The molecule has 62 heavy (non-hydrogen) atoms. The minimum atomic E-state index is -1.77. The second kappa shape index (κ2) is 22.2. The minimum absolute atomic E-state index is 0.0257. The molecular formula is C39H55N9O13S. The number of thioether (sulfide) groups is 1. The number of aromatic amines is 1. The number of phenols is 1. The first-order valence-corrected chi connectivity index (χ1v) is 21.3. The van der Waals surface area contributed by atoms with Gasteiger partial charge in [0.15, 0.2) is 0 Å². The lowest BCUT2D eigenvalue weighted by atomic mass is 9.96. The van der Waals surface area contributed by atoms with E-state index >= 15 is 0 Å². The predicted molar refractivity (Wildman–Crippen MR) is 221 cm³/mol. The molecular weight excluding hydrogens is 835 g/mol. The Bertz CT molecular complexity index is 2030. The van der Waals surface area contributed by atoms with Crippen LogP contribution in [0.2, 0.25) is 0 Å². The number of carbonyl (C=O) groups is 9. The molecule has 2 fully saturated rings. The van der Waals surface area contributed by atoms with Crippen molar-refractivity contribution in [1.82, 2.24) is 47.1 Å². The van der Waals surface area contributed by atoms with Crippen LogP contribution in [0.25, 0.3) is 10.9 Å². The largest absolute Gasteiger partial charge is 0.508 e. The summed E-state index contributed by atoms with van der Waals surface area (Å²) >= 11 is 1.29. The first-order valence-electron chi connectivity index (χ1n) is 20.1. The number of aliphatic hydroxyl groups excluding tert-OH is 2. The number of fused-ring (bicyclic) bond motifs is 2. The Morgan fingerprint density at radius 3 is 2.13 bits per heavy atom. The van der Waals surface area contributed by atoms with Gasteiger partial charge in [0.2, 0.25) is 47.3 Å². The fraction of sp³-hybridized carbons (Fsp3) is 0.564. The van der Waals surface area contributed by atoms with Crippen LogP contribution < -0.4 is 37.2 Å². The van der Waals surface area contributed by atoms with Crippen molar-refractivity contribution in [2.45, 2.75) is 94.2 Å². The van der Waals surface area contributed by atoms with E-state index < -0.39 is 141 Å². The van der Waals surface area contributed by atoms with Crippen LogP contribution in [0.15, 0.2) is 23.2 Å². The molecule has 0 saturated carbocycles. The molecule has 2 aliphatic heterocycles. The Balaban J connectivity index is 1.75. The zero-order chi connectivity index (χ0) is 45.8. The first kappa shape index (κ1) is 48.7. The maximum atomic E-state index is 14.3. The maximum Gasteiger partial charge on any atom is 0.305 e. The Labute approximate surface area is 360 Å². The van der Waals surface area contributed by atoms with Crippen molar-refractivity contribution in [3.8, 4) is 5.75 Å². The lowest BCUT2D eigenvalue weighted by molar-refractivity contribution is -0.146. The number of aliphatic carboxylic acids is 1. The van der Waals surface area contributed by atoms with E-state index in [1.54, 1.807) is 33.1 Å². The molecule has 1 aromatic heterocycles. The molecule has 3 heterocycles. The van der Waals surface area contributed by atoms with Crippen molar-refractivity contribution in [2.75, 3.05) is 39.0 Å². The van der Waals surface area contributed by atoms with Crippen LogP contribution in [0.5, 0.6) is 5.75 Å². The first-order chi connectivity index (χ1) is 29.4. The summed E-state index contributed by atoms with van der Waals surface area (Å²) < 4.78 is 0. The number of nitrogens with one attached hydrogen (secondary N) is 8. The standard InChI is InChI=1S/C39H55N9O13S/c1-5-18(2)32-36(59)42-14-28(52)40-15-29(53)43-26(13-31(55)56)39(61)48-17-21(51)11-27(48)35(58)47-33(19(3)8-9-49)37(60)44-25(34(57)41-16-30(54)46-32)12-23-22-7-6-20(50)10-24(22)45-38(23)62-4/h6-7,10,18-19,21,25-27,32-33,45,49-51H,5,8-9,11-17H2,1-4H3,(H,40,52)(H,41,57)(H,42,59)(H,43,53)(H,44,60)(H,46,54)(H,47,58)(H,55,56)/t18?,19-,21+,25?,26?,27?,32?,33?/m0/s1. The van der Waals surface area contributed by atoms with Crippen LogP contribution >= 0.6 is 11.8 Å². The monoisotopic (exact) mass is 889 g/mol. The number of aliphatic hydroxyl groups is 2. The third-order valence-corrected chi connectivity index (χ3v) is 11.6. The number of H-pyrrole nitrogens is 1. The molecule has 23 heteroatoms. The molecule has 0 radical (unpaired) electrons. The number of hydrogen-bond acceptors (Lipinski definition) is 13. The molecule has 2 aromatic rings. The number of benzene rings is 1. The second-order valence-corrected chi connectivity index (χ2v) is 16.2. The third-order valence-electron chi connectivity index (χ3n) is 10.8. The SMILES string of the molecule is CCC(C)C1NC(=O)CNC(=O)C(Cc2c(SC)[nH]c3cc(O)ccc23)NC(=O)C([C@@H](C)CCO)NC(=O)C2C[C@@H](O)CN2C(=O)C(CC(=O)O)NC(=O)CNC(=O)CNC1=O. The lowest BCUT2D eigenvalue weighted by Crippen LogP contribution is -2.60. The summed E-state index contributed by atoms with van der Waals surface area (Å²) in [5.41, 5.74) is 1.08. The summed E-state index contributed by atoms with van der Waals surface area (Å²) in [6, 6.07) is -2.78. The number of aromatic hydroxyl groups is 1. The van der Waals surface area contributed by atoms with E-state index in [1.807, 2.05) is 0 Å². The minimum Gasteiger partial charge on any atom is -0.508 e. The highest BCUT2D eigenvalue weighted by molar-refractivity contribution is 7.98. The Morgan fingerprint density at radius 2 is 1.47 bits per heavy atom. The third kappa shape index (κ3) is 12.8. The Hall–Kier alpha value is -5.94. The molecule has 1 aromatic carbocycles. The van der Waals surface area contributed by atoms with Crippen molar-refractivity contribution < 1.29 is 63.6 Å². The lowest BCUT2D eigenvalue weighted by Gasteiger charge is -2.31. The van der Waals surface area contributed by atoms with Crippen LogP contribution in [-0.4, -0.2) is 159 Å². The van der Waals surface area contributed by atoms with E-state index in [9.17, 15) is 63.6 Å². The van der Waals surface area contributed by atoms with Gasteiger partial charge in [-0.05, 0) is 42.2 Å². The van der Waals surface area contributed by atoms with Gasteiger partial charge in [-0.3, -0.25) is 43.2 Å². The summed E-state index contributed by atoms with van der Waals surface area (Å²) in [5.74, 6) is -9.93. The molecule has 22 nitrogen and oxygen atoms in total. The van der Waals surface area contributed by atoms with Crippen LogP contribution in [0.3, 0.4) is 0 Å². The van der Waals surface area contributed by atoms with Crippen molar-refractivity contribution in [1.29, 1.82) is 0 Å². The number of aromatic nitrogens is 1. The number of amides is 8. The van der Waals surface area contributed by atoms with Crippen LogP contribution in [-0.2, 0) is 49.6 Å². The molecule has 340 valence electrons. The molecule has 0 aliphatic carbocycles. The van der Waals surface area contributed by atoms with E-state index in [1.165, 1.54) is 23.9 Å². The maximum absolute atomic E-state index is 14.3. The summed E-state index contributed by atoms with van der Waals surface area (Å²) in [4.78, 5) is 124. The van der Waals surface area contributed by atoms with E-state index in [4.69, 9.17) is 0 Å². The van der Waals surface area contributed by atoms with Gasteiger partial charge in [-0.25, -0.2) is 0 Å². The fourth-order valence-corrected chi connectivity index (χ4v) is 7.87. The molecule has 8 amide bonds. The number of nitrogens with zero attached hydrogens (tertiary/aromatic N) is 1. The second-order valence-electron chi connectivity index (χ2n) is 15.4. The molecule has 2 saturated heterocycles. The average molecular weight is 890 g/mol. The normalized spacial score (nSPS) is 25.2. The van der Waals surface area contributed by atoms with Crippen LogP contribution in [0.4, 0.5) is 0 Å². The average Bonchev–Trinajstić information content (AvgIpc) is 3.79. The van der Waals surface area contributed by atoms with E-state index in [0.29, 0.717) is 27.9 Å². The van der Waals surface area contributed by atoms with Gasteiger partial charge >= 0.3 is 5.97 Å². The van der Waals surface area contributed by atoms with Gasteiger partial charge in [-0.2, -0.15) is 0 Å². The van der Waals surface area contributed by atoms with Crippen molar-refractivity contribution in [3.05, 3.63) is 23.8 Å². The molecule has 4 rings (SSSR count). The number of carbonyl (C=O) groups excluding carboxylic acids is 8. The van der Waals surface area contributed by atoms with Crippen molar-refractivity contribution in [2.24, 2.45) is 11.8 Å².